The highest BCUT2D eigenvalue weighted by molar-refractivity contribution is 5.82. The van der Waals surface area contributed by atoms with Crippen LogP contribution < -0.4 is 33.8 Å². The SMILES string of the molecule is CCCCCCCCCCCCCCCC(=O)NC[C@@H]1CC[C@H]2[C@@H](C(=O)N1CCCN=C(N)N)[C@H]([C@H]1O[C@@H](n3ccc(=O)[nH]c3=O)[C@H](O)[C@@H]1O)ON2CCCN. The Morgan fingerprint density at radius 2 is 1.55 bits per heavy atom. The summed E-state index contributed by atoms with van der Waals surface area (Å²) in [6.07, 6.45) is 13.1. The second-order valence-corrected chi connectivity index (χ2v) is 15.7. The predicted molar refractivity (Wildman–Crippen MR) is 213 cm³/mol. The van der Waals surface area contributed by atoms with Crippen molar-refractivity contribution in [3.63, 3.8) is 0 Å². The minimum atomic E-state index is -1.56. The molecule has 1 aromatic heterocycles. The van der Waals surface area contributed by atoms with E-state index < -0.39 is 53.9 Å². The van der Waals surface area contributed by atoms with Crippen LogP contribution >= 0.6 is 0 Å². The monoisotopic (exact) mass is 792 g/mol. The number of rotatable bonds is 25. The summed E-state index contributed by atoms with van der Waals surface area (Å²) in [5.41, 5.74) is 15.5. The Balaban J connectivity index is 1.38. The van der Waals surface area contributed by atoms with E-state index in [1.807, 2.05) is 0 Å². The first-order valence-corrected chi connectivity index (χ1v) is 21.2. The molecule has 0 unspecified atom stereocenters. The molecule has 2 amide bonds. The molecule has 17 heteroatoms. The van der Waals surface area contributed by atoms with Crippen molar-refractivity contribution in [2.45, 2.75) is 165 Å². The lowest BCUT2D eigenvalue weighted by atomic mass is 9.87. The number of likely N-dealkylation sites (tertiary alicyclic amines) is 1. The van der Waals surface area contributed by atoms with E-state index in [1.54, 1.807) is 9.96 Å². The number of aliphatic hydroxyl groups excluding tert-OH is 2. The van der Waals surface area contributed by atoms with Gasteiger partial charge < -0.3 is 42.4 Å². The third kappa shape index (κ3) is 13.1. The Bertz CT molecular complexity index is 1490. The number of guanidine groups is 1. The third-order valence-electron chi connectivity index (χ3n) is 11.4. The second-order valence-electron chi connectivity index (χ2n) is 15.7. The highest BCUT2D eigenvalue weighted by Gasteiger charge is 2.59. The van der Waals surface area contributed by atoms with Gasteiger partial charge in [0.1, 0.15) is 24.4 Å². The molecule has 0 bridgehead atoms. The van der Waals surface area contributed by atoms with Crippen LogP contribution in [0.25, 0.3) is 0 Å². The van der Waals surface area contributed by atoms with Crippen molar-refractivity contribution < 1.29 is 29.4 Å². The van der Waals surface area contributed by atoms with Crippen molar-refractivity contribution in [3.8, 4) is 0 Å². The topological polar surface area (TPSA) is 257 Å². The summed E-state index contributed by atoms with van der Waals surface area (Å²) < 4.78 is 7.12. The van der Waals surface area contributed by atoms with Crippen LogP contribution in [0.5, 0.6) is 0 Å². The Morgan fingerprint density at radius 3 is 2.18 bits per heavy atom. The van der Waals surface area contributed by atoms with Gasteiger partial charge in [-0.2, -0.15) is 5.06 Å². The summed E-state index contributed by atoms with van der Waals surface area (Å²) in [4.78, 5) is 66.4. The quantitative estimate of drug-likeness (QED) is 0.0421. The highest BCUT2D eigenvalue weighted by atomic mass is 16.7. The normalized spacial score (nSPS) is 26.6. The Labute approximate surface area is 330 Å². The highest BCUT2D eigenvalue weighted by Crippen LogP contribution is 2.42. The maximum atomic E-state index is 14.7. The van der Waals surface area contributed by atoms with Gasteiger partial charge in [0.05, 0.1) is 5.92 Å². The number of nitrogens with zero attached hydrogens (tertiary/aromatic N) is 4. The van der Waals surface area contributed by atoms with Gasteiger partial charge in [-0.1, -0.05) is 84.0 Å². The zero-order chi connectivity index (χ0) is 40.5. The Kier molecular flexibility index (Phi) is 19.3. The molecule has 3 saturated heterocycles. The van der Waals surface area contributed by atoms with Crippen molar-refractivity contribution in [3.05, 3.63) is 33.1 Å². The average Bonchev–Trinajstić information content (AvgIpc) is 3.63. The number of nitrogens with one attached hydrogen (secondary N) is 2. The van der Waals surface area contributed by atoms with Gasteiger partial charge in [-0.15, -0.1) is 0 Å². The van der Waals surface area contributed by atoms with Crippen molar-refractivity contribution in [2.75, 3.05) is 32.7 Å². The van der Waals surface area contributed by atoms with Gasteiger partial charge in [0, 0.05) is 56.9 Å². The molecule has 0 spiro atoms. The van der Waals surface area contributed by atoms with Crippen LogP contribution in [0, 0.1) is 5.92 Å². The number of hydrogen-bond donors (Lipinski definition) is 7. The third-order valence-corrected chi connectivity index (χ3v) is 11.4. The van der Waals surface area contributed by atoms with E-state index in [1.165, 1.54) is 70.4 Å². The summed E-state index contributed by atoms with van der Waals surface area (Å²) in [5.74, 6) is -1.16. The van der Waals surface area contributed by atoms with Gasteiger partial charge >= 0.3 is 5.69 Å². The number of aliphatic hydroxyl groups is 2. The van der Waals surface area contributed by atoms with Crippen molar-refractivity contribution in [2.24, 2.45) is 28.1 Å². The number of aromatic amines is 1. The Morgan fingerprint density at radius 1 is 0.893 bits per heavy atom. The van der Waals surface area contributed by atoms with Gasteiger partial charge in [-0.3, -0.25) is 33.8 Å². The number of ether oxygens (including phenoxy) is 1. The summed E-state index contributed by atoms with van der Waals surface area (Å²) in [6, 6.07) is 0.377. The standard InChI is InChI=1S/C39H69N9O8/c1-2-3-4-5-6-7-8-9-10-11-12-13-14-17-29(49)44-26-27-18-19-28-31(36(53)46(27)23-16-22-43-38(41)42)34(56-48(28)24-15-21-40)35-32(51)33(52)37(55-35)47-25-20-30(50)45-39(47)54/h20,25,27-28,31-35,37,51-52H,2-19,21-24,26,40H2,1H3,(H,44,49)(H4,41,42,43)(H,45,50,54)/t27-,28-,31+,32-,33+,34+,35-,37+/m0/s1. The van der Waals surface area contributed by atoms with E-state index in [0.717, 1.165) is 29.9 Å². The number of unbranched alkanes of at least 4 members (excludes halogenated alkanes) is 12. The molecule has 10 N–H and O–H groups in total. The fourth-order valence-electron chi connectivity index (χ4n) is 8.34. The van der Waals surface area contributed by atoms with Crippen LogP contribution in [-0.4, -0.2) is 117 Å². The molecule has 0 radical (unpaired) electrons. The fraction of sp³-hybridized carbons (Fsp3) is 0.821. The van der Waals surface area contributed by atoms with Gasteiger partial charge in [0.25, 0.3) is 5.56 Å². The van der Waals surface area contributed by atoms with Crippen LogP contribution in [0.3, 0.4) is 0 Å². The summed E-state index contributed by atoms with van der Waals surface area (Å²) in [6.45, 7) is 3.93. The molecule has 3 fully saturated rings. The zero-order valence-corrected chi connectivity index (χ0v) is 33.4. The lowest BCUT2D eigenvalue weighted by molar-refractivity contribution is -0.204. The van der Waals surface area contributed by atoms with E-state index in [2.05, 4.69) is 22.2 Å². The zero-order valence-electron chi connectivity index (χ0n) is 33.4. The van der Waals surface area contributed by atoms with Crippen LogP contribution in [0.1, 0.15) is 129 Å². The van der Waals surface area contributed by atoms with Gasteiger partial charge in [-0.05, 0) is 38.6 Å². The van der Waals surface area contributed by atoms with Gasteiger partial charge in [0.15, 0.2) is 12.2 Å². The molecule has 17 nitrogen and oxygen atoms in total. The first-order valence-electron chi connectivity index (χ1n) is 21.2. The number of fused-ring (bicyclic) bond motifs is 1. The van der Waals surface area contributed by atoms with Gasteiger partial charge in [0.2, 0.25) is 11.8 Å². The number of aliphatic imine (C=N–C) groups is 1. The molecule has 1 aromatic rings. The number of carbonyl (C=O) groups excluding carboxylic acids is 2. The second kappa shape index (κ2) is 23.8. The maximum absolute atomic E-state index is 14.7. The van der Waals surface area contributed by atoms with E-state index >= 15 is 0 Å². The molecule has 0 aromatic carbocycles. The molecule has 318 valence electrons. The Hall–Kier alpha value is -3.35. The fourth-order valence-corrected chi connectivity index (χ4v) is 8.34. The largest absolute Gasteiger partial charge is 0.387 e. The average molecular weight is 792 g/mol. The van der Waals surface area contributed by atoms with E-state index in [9.17, 15) is 29.4 Å². The lowest BCUT2D eigenvalue weighted by Crippen LogP contribution is -2.52. The van der Waals surface area contributed by atoms with Crippen LogP contribution in [0.4, 0.5) is 0 Å². The van der Waals surface area contributed by atoms with Crippen molar-refractivity contribution in [1.82, 2.24) is 24.8 Å². The van der Waals surface area contributed by atoms with Crippen LogP contribution in [0.2, 0.25) is 0 Å². The van der Waals surface area contributed by atoms with Crippen molar-refractivity contribution in [1.29, 1.82) is 0 Å². The van der Waals surface area contributed by atoms with Gasteiger partial charge in [-0.25, -0.2) is 4.79 Å². The molecule has 4 heterocycles. The van der Waals surface area contributed by atoms with E-state index in [-0.39, 0.29) is 30.4 Å². The van der Waals surface area contributed by atoms with Crippen molar-refractivity contribution >= 4 is 17.8 Å². The minimum Gasteiger partial charge on any atom is -0.387 e. The number of H-pyrrole nitrogens is 1. The number of hydroxylamine groups is 2. The number of amides is 2. The summed E-state index contributed by atoms with van der Waals surface area (Å²) in [7, 11) is 0. The molecule has 0 aliphatic carbocycles. The maximum Gasteiger partial charge on any atom is 0.330 e. The molecular weight excluding hydrogens is 722 g/mol. The molecule has 3 aliphatic rings. The van der Waals surface area contributed by atoms with E-state index in [0.29, 0.717) is 58.3 Å². The van der Waals surface area contributed by atoms with E-state index in [4.69, 9.17) is 26.8 Å². The number of carbonyl (C=O) groups is 2. The first-order chi connectivity index (χ1) is 27.1. The van der Waals surface area contributed by atoms with Crippen LogP contribution in [0.15, 0.2) is 26.8 Å². The summed E-state index contributed by atoms with van der Waals surface area (Å²) in [5, 5.41) is 27.2. The first kappa shape index (κ1) is 45.4. The lowest BCUT2D eigenvalue weighted by Gasteiger charge is -2.33. The number of hydrogen-bond acceptors (Lipinski definition) is 11. The molecule has 56 heavy (non-hydrogen) atoms. The van der Waals surface area contributed by atoms with Crippen LogP contribution in [-0.2, 0) is 19.2 Å². The number of aromatic nitrogens is 2. The molecule has 4 rings (SSSR count). The molecule has 0 saturated carbocycles. The minimum absolute atomic E-state index is 0.0452. The molecular formula is C39H69N9O8. The molecule has 3 aliphatic heterocycles. The number of nitrogens with two attached hydrogens (primary N) is 3. The smallest absolute Gasteiger partial charge is 0.330 e. The summed E-state index contributed by atoms with van der Waals surface area (Å²) >= 11 is 0. The molecule has 8 atom stereocenters. The predicted octanol–water partition coefficient (Wildman–Crippen LogP) is 1.36.